The Bertz CT molecular complexity index is 1430. The third-order valence-electron chi connectivity index (χ3n) is 7.49. The predicted molar refractivity (Wildman–Crippen MR) is 168 cm³/mol. The zero-order chi connectivity index (χ0) is 32.1. The van der Waals surface area contributed by atoms with E-state index in [-0.39, 0.29) is 24.3 Å². The minimum atomic E-state index is -0.793. The van der Waals surface area contributed by atoms with Crippen molar-refractivity contribution in [3.63, 3.8) is 0 Å². The van der Waals surface area contributed by atoms with E-state index in [0.29, 0.717) is 24.3 Å². The number of carbonyl (C=O) groups excluding carboxylic acids is 3. The summed E-state index contributed by atoms with van der Waals surface area (Å²) in [6.45, 7) is 13.6. The summed E-state index contributed by atoms with van der Waals surface area (Å²) in [6.07, 6.45) is 4.96. The maximum atomic E-state index is 13.5. The summed E-state index contributed by atoms with van der Waals surface area (Å²) in [5, 5.41) is 0. The fourth-order valence-corrected chi connectivity index (χ4v) is 5.26. The van der Waals surface area contributed by atoms with Crippen molar-refractivity contribution in [2.24, 2.45) is 0 Å². The standard InChI is InChI=1S/C35H44N4O5/c1-24(25-12-9-8-10-13-25)27-20-28(22-36-21-27)31(40)38-18-15-26(16-19-38)29-14-11-17-37-30(29)23-39(32(41)43-34(2,3)4)33(42)44-35(5,6)7/h8-14,17,20-22,24,26H,15-16,18-19,23H2,1-7H3. The monoisotopic (exact) mass is 600 g/mol. The van der Waals surface area contributed by atoms with Crippen LogP contribution < -0.4 is 0 Å². The van der Waals surface area contributed by atoms with Crippen molar-refractivity contribution in [1.29, 1.82) is 0 Å². The minimum Gasteiger partial charge on any atom is -0.443 e. The Morgan fingerprint density at radius 2 is 1.50 bits per heavy atom. The van der Waals surface area contributed by atoms with E-state index in [9.17, 15) is 14.4 Å². The quantitative estimate of drug-likeness (QED) is 0.292. The van der Waals surface area contributed by atoms with Crippen molar-refractivity contribution in [3.8, 4) is 0 Å². The number of carbonyl (C=O) groups is 3. The van der Waals surface area contributed by atoms with E-state index in [0.717, 1.165) is 28.9 Å². The molecule has 1 atom stereocenters. The number of imide groups is 1. The first-order valence-electron chi connectivity index (χ1n) is 15.2. The maximum Gasteiger partial charge on any atom is 0.420 e. The molecular weight excluding hydrogens is 556 g/mol. The SMILES string of the molecule is CC(c1ccccc1)c1cncc(C(=O)N2CCC(c3cccnc3CN(C(=O)OC(C)(C)C)C(=O)OC(C)(C)C)CC2)c1. The van der Waals surface area contributed by atoms with E-state index < -0.39 is 23.4 Å². The highest BCUT2D eigenvalue weighted by atomic mass is 16.6. The van der Waals surface area contributed by atoms with Crippen LogP contribution in [0.1, 0.15) is 106 Å². The average Bonchev–Trinajstić information content (AvgIpc) is 2.98. The normalized spacial score (nSPS) is 14.9. The lowest BCUT2D eigenvalue weighted by Gasteiger charge is -2.33. The van der Waals surface area contributed by atoms with Gasteiger partial charge in [0.05, 0.1) is 17.8 Å². The lowest BCUT2D eigenvalue weighted by Crippen LogP contribution is -2.43. The summed E-state index contributed by atoms with van der Waals surface area (Å²) in [7, 11) is 0. The van der Waals surface area contributed by atoms with Crippen molar-refractivity contribution >= 4 is 18.1 Å². The van der Waals surface area contributed by atoms with E-state index in [1.54, 1.807) is 53.9 Å². The number of benzene rings is 1. The zero-order valence-corrected chi connectivity index (χ0v) is 26.9. The van der Waals surface area contributed by atoms with Gasteiger partial charge in [0.2, 0.25) is 0 Å². The van der Waals surface area contributed by atoms with Crippen LogP contribution in [0, 0.1) is 0 Å². The molecular formula is C35H44N4O5. The predicted octanol–water partition coefficient (Wildman–Crippen LogP) is 7.32. The molecule has 3 amide bonds. The number of pyridine rings is 2. The van der Waals surface area contributed by atoms with E-state index in [2.05, 4.69) is 29.0 Å². The maximum absolute atomic E-state index is 13.5. The van der Waals surface area contributed by atoms with Gasteiger partial charge in [-0.25, -0.2) is 14.5 Å². The van der Waals surface area contributed by atoms with Gasteiger partial charge >= 0.3 is 12.2 Å². The molecule has 234 valence electrons. The number of rotatable bonds is 6. The lowest BCUT2D eigenvalue weighted by molar-refractivity contribution is -0.000603. The van der Waals surface area contributed by atoms with Gasteiger partial charge in [0, 0.05) is 37.6 Å². The van der Waals surface area contributed by atoms with Gasteiger partial charge in [0.1, 0.15) is 11.2 Å². The zero-order valence-electron chi connectivity index (χ0n) is 26.9. The molecule has 1 saturated heterocycles. The van der Waals surface area contributed by atoms with Gasteiger partial charge < -0.3 is 14.4 Å². The van der Waals surface area contributed by atoms with Crippen LogP contribution >= 0.6 is 0 Å². The molecule has 0 N–H and O–H groups in total. The first kappa shape index (κ1) is 32.6. The molecule has 1 unspecified atom stereocenters. The third kappa shape index (κ3) is 8.65. The number of piperidine rings is 1. The highest BCUT2D eigenvalue weighted by Crippen LogP contribution is 2.32. The topological polar surface area (TPSA) is 102 Å². The van der Waals surface area contributed by atoms with Gasteiger partial charge in [0.25, 0.3) is 5.91 Å². The summed E-state index contributed by atoms with van der Waals surface area (Å²) in [5.41, 5.74) is 2.70. The molecule has 0 bridgehead atoms. The summed E-state index contributed by atoms with van der Waals surface area (Å²) in [6, 6.07) is 16.0. The molecule has 1 aliphatic heterocycles. The number of hydrogen-bond acceptors (Lipinski definition) is 7. The number of amides is 3. The smallest absolute Gasteiger partial charge is 0.420 e. The third-order valence-corrected chi connectivity index (χ3v) is 7.49. The number of nitrogens with zero attached hydrogens (tertiary/aromatic N) is 4. The lowest BCUT2D eigenvalue weighted by atomic mass is 9.88. The highest BCUT2D eigenvalue weighted by Gasteiger charge is 2.33. The van der Waals surface area contributed by atoms with E-state index in [1.807, 2.05) is 47.5 Å². The molecule has 1 aliphatic rings. The Morgan fingerprint density at radius 1 is 0.886 bits per heavy atom. The van der Waals surface area contributed by atoms with Gasteiger partial charge in [-0.3, -0.25) is 14.8 Å². The Kier molecular flexibility index (Phi) is 10.1. The number of likely N-dealkylation sites (tertiary alicyclic amines) is 1. The minimum absolute atomic E-state index is 0.0366. The van der Waals surface area contributed by atoms with Gasteiger partial charge in [-0.1, -0.05) is 43.3 Å². The van der Waals surface area contributed by atoms with Crippen LogP contribution in [-0.4, -0.2) is 62.2 Å². The van der Waals surface area contributed by atoms with Crippen LogP contribution in [0.25, 0.3) is 0 Å². The fraction of sp³-hybridized carbons (Fsp3) is 0.457. The Hall–Kier alpha value is -4.27. The van der Waals surface area contributed by atoms with E-state index >= 15 is 0 Å². The molecule has 9 heteroatoms. The molecule has 3 heterocycles. The molecule has 2 aromatic heterocycles. The van der Waals surface area contributed by atoms with Gasteiger partial charge in [-0.2, -0.15) is 0 Å². The first-order valence-corrected chi connectivity index (χ1v) is 15.2. The first-order chi connectivity index (χ1) is 20.7. The molecule has 1 fully saturated rings. The van der Waals surface area contributed by atoms with Crippen LogP contribution in [0.2, 0.25) is 0 Å². The Balaban J connectivity index is 1.47. The Morgan fingerprint density at radius 3 is 2.09 bits per heavy atom. The van der Waals surface area contributed by atoms with Crippen molar-refractivity contribution in [3.05, 3.63) is 95.1 Å². The van der Waals surface area contributed by atoms with Crippen molar-refractivity contribution in [1.82, 2.24) is 19.8 Å². The molecule has 44 heavy (non-hydrogen) atoms. The van der Waals surface area contributed by atoms with E-state index in [1.165, 1.54) is 5.56 Å². The van der Waals surface area contributed by atoms with Crippen LogP contribution in [-0.2, 0) is 16.0 Å². The number of aromatic nitrogens is 2. The van der Waals surface area contributed by atoms with Gasteiger partial charge in [-0.05, 0) is 89.1 Å². The second-order valence-electron chi connectivity index (χ2n) is 13.3. The molecule has 4 rings (SSSR count). The summed E-state index contributed by atoms with van der Waals surface area (Å²) < 4.78 is 11.1. The molecule has 3 aromatic rings. The summed E-state index contributed by atoms with van der Waals surface area (Å²) in [4.78, 5) is 51.5. The largest absolute Gasteiger partial charge is 0.443 e. The fourth-order valence-electron chi connectivity index (χ4n) is 5.26. The van der Waals surface area contributed by atoms with Crippen LogP contribution in [0.5, 0.6) is 0 Å². The van der Waals surface area contributed by atoms with Crippen LogP contribution in [0.3, 0.4) is 0 Å². The molecule has 0 radical (unpaired) electrons. The van der Waals surface area contributed by atoms with Crippen molar-refractivity contribution in [2.75, 3.05) is 13.1 Å². The summed E-state index contributed by atoms with van der Waals surface area (Å²) >= 11 is 0. The highest BCUT2D eigenvalue weighted by molar-refractivity contribution is 5.94. The van der Waals surface area contributed by atoms with Crippen molar-refractivity contribution in [2.45, 2.75) is 90.9 Å². The van der Waals surface area contributed by atoms with E-state index in [4.69, 9.17) is 9.47 Å². The molecule has 0 spiro atoms. The van der Waals surface area contributed by atoms with Gasteiger partial charge in [-0.15, -0.1) is 0 Å². The second kappa shape index (κ2) is 13.6. The molecule has 0 saturated carbocycles. The number of hydrogen-bond donors (Lipinski definition) is 0. The number of ether oxygens (including phenoxy) is 2. The average molecular weight is 601 g/mol. The van der Waals surface area contributed by atoms with Crippen LogP contribution in [0.4, 0.5) is 9.59 Å². The Labute approximate surface area is 260 Å². The molecule has 0 aliphatic carbocycles. The van der Waals surface area contributed by atoms with Gasteiger partial charge in [0.15, 0.2) is 0 Å². The van der Waals surface area contributed by atoms with Crippen LogP contribution in [0.15, 0.2) is 67.1 Å². The van der Waals surface area contributed by atoms with Crippen molar-refractivity contribution < 1.29 is 23.9 Å². The molecule has 1 aromatic carbocycles. The summed E-state index contributed by atoms with van der Waals surface area (Å²) in [5.74, 6) is 0.182. The molecule has 9 nitrogen and oxygen atoms in total. The second-order valence-corrected chi connectivity index (χ2v) is 13.3.